The van der Waals surface area contributed by atoms with Crippen LogP contribution in [0.2, 0.25) is 0 Å². The highest BCUT2D eigenvalue weighted by Gasteiger charge is 2.40. The standard InChI is InChI=1S/C14H23NO4.C12H10/c1-5-9-19-13(18)10-7-6-8-15(10)12(17)11(16)14(2,3)4;1-3-7-11(8-4-1)12-9-5-2-6-10-12/h10H,5-9H2,1-4H3;1-10H/t10-;/m0./s1. The van der Waals surface area contributed by atoms with E-state index in [1.165, 1.54) is 16.0 Å². The molecule has 0 unspecified atom stereocenters. The Balaban J connectivity index is 0.000000242. The van der Waals surface area contributed by atoms with Gasteiger partial charge in [0.1, 0.15) is 6.04 Å². The van der Waals surface area contributed by atoms with E-state index in [1.54, 1.807) is 20.8 Å². The summed E-state index contributed by atoms with van der Waals surface area (Å²) >= 11 is 0. The number of likely N-dealkylation sites (tertiary alicyclic amines) is 1. The van der Waals surface area contributed by atoms with E-state index in [2.05, 4.69) is 48.5 Å². The molecule has 0 radical (unpaired) electrons. The van der Waals surface area contributed by atoms with E-state index < -0.39 is 29.1 Å². The van der Waals surface area contributed by atoms with Crippen molar-refractivity contribution < 1.29 is 19.1 Å². The Morgan fingerprint density at radius 1 is 0.935 bits per heavy atom. The Labute approximate surface area is 185 Å². The fourth-order valence-electron chi connectivity index (χ4n) is 3.27. The number of nitrogens with zero attached hydrogens (tertiary/aromatic N) is 1. The summed E-state index contributed by atoms with van der Waals surface area (Å²) in [5.41, 5.74) is 1.83. The number of carbonyl (C=O) groups excluding carboxylic acids is 3. The lowest BCUT2D eigenvalue weighted by Gasteiger charge is -2.25. The molecule has 3 rings (SSSR count). The van der Waals surface area contributed by atoms with E-state index >= 15 is 0 Å². The lowest BCUT2D eigenvalue weighted by molar-refractivity contribution is -0.157. The van der Waals surface area contributed by atoms with Crippen molar-refractivity contribution >= 4 is 17.7 Å². The number of rotatable bonds is 5. The fourth-order valence-corrected chi connectivity index (χ4v) is 3.27. The van der Waals surface area contributed by atoms with Gasteiger partial charge in [0.2, 0.25) is 5.78 Å². The molecule has 166 valence electrons. The lowest BCUT2D eigenvalue weighted by atomic mass is 9.90. The van der Waals surface area contributed by atoms with Crippen molar-refractivity contribution in [3.05, 3.63) is 60.7 Å². The maximum Gasteiger partial charge on any atom is 0.328 e. The highest BCUT2D eigenvalue weighted by atomic mass is 16.5. The zero-order chi connectivity index (χ0) is 22.9. The number of hydrogen-bond donors (Lipinski definition) is 0. The van der Waals surface area contributed by atoms with Crippen LogP contribution in [-0.2, 0) is 19.1 Å². The van der Waals surface area contributed by atoms with Crippen molar-refractivity contribution in [2.24, 2.45) is 5.41 Å². The lowest BCUT2D eigenvalue weighted by Crippen LogP contribution is -2.47. The number of esters is 1. The van der Waals surface area contributed by atoms with Gasteiger partial charge in [-0.1, -0.05) is 88.4 Å². The molecule has 1 aliphatic rings. The predicted molar refractivity (Wildman–Crippen MR) is 122 cm³/mol. The molecule has 1 amide bonds. The number of amides is 1. The van der Waals surface area contributed by atoms with Crippen molar-refractivity contribution in [2.75, 3.05) is 13.2 Å². The molecule has 5 nitrogen and oxygen atoms in total. The normalized spacial score (nSPS) is 15.6. The highest BCUT2D eigenvalue weighted by Crippen LogP contribution is 2.23. The van der Waals surface area contributed by atoms with Gasteiger partial charge in [-0.25, -0.2) is 4.79 Å². The first-order valence-electron chi connectivity index (χ1n) is 10.9. The first kappa shape index (κ1) is 24.3. The van der Waals surface area contributed by atoms with E-state index in [-0.39, 0.29) is 0 Å². The van der Waals surface area contributed by atoms with Crippen molar-refractivity contribution in [3.63, 3.8) is 0 Å². The van der Waals surface area contributed by atoms with Gasteiger partial charge in [0, 0.05) is 12.0 Å². The van der Waals surface area contributed by atoms with Gasteiger partial charge < -0.3 is 9.64 Å². The summed E-state index contributed by atoms with van der Waals surface area (Å²) < 4.78 is 5.08. The zero-order valence-corrected chi connectivity index (χ0v) is 19.0. The van der Waals surface area contributed by atoms with Crippen molar-refractivity contribution in [1.29, 1.82) is 0 Å². The molecule has 2 aromatic rings. The third-order valence-electron chi connectivity index (χ3n) is 4.99. The second-order valence-electron chi connectivity index (χ2n) is 8.64. The molecule has 0 bridgehead atoms. The molecular formula is C26H33NO4. The van der Waals surface area contributed by atoms with Gasteiger partial charge in [0.25, 0.3) is 5.91 Å². The molecule has 0 aliphatic carbocycles. The van der Waals surface area contributed by atoms with Crippen LogP contribution in [0.1, 0.15) is 47.0 Å². The van der Waals surface area contributed by atoms with Crippen molar-refractivity contribution in [2.45, 2.75) is 53.0 Å². The molecule has 1 fully saturated rings. The van der Waals surface area contributed by atoms with Crippen LogP contribution in [0.15, 0.2) is 60.7 Å². The smallest absolute Gasteiger partial charge is 0.328 e. The van der Waals surface area contributed by atoms with E-state index in [9.17, 15) is 14.4 Å². The van der Waals surface area contributed by atoms with Crippen molar-refractivity contribution in [1.82, 2.24) is 4.90 Å². The Kier molecular flexibility index (Phi) is 8.98. The summed E-state index contributed by atoms with van der Waals surface area (Å²) in [5, 5.41) is 0. The highest BCUT2D eigenvalue weighted by molar-refractivity contribution is 6.38. The largest absolute Gasteiger partial charge is 0.464 e. The molecule has 1 heterocycles. The SMILES string of the molecule is CCCOC(=O)[C@@H]1CCCN1C(=O)C(=O)C(C)(C)C.c1ccc(-c2ccccc2)cc1. The maximum absolute atomic E-state index is 12.1. The maximum atomic E-state index is 12.1. The summed E-state index contributed by atoms with van der Waals surface area (Å²) in [4.78, 5) is 37.4. The van der Waals surface area contributed by atoms with Crippen LogP contribution in [-0.4, -0.2) is 41.8 Å². The Bertz CT molecular complexity index is 818. The summed E-state index contributed by atoms with van der Waals surface area (Å²) in [7, 11) is 0. The molecule has 0 aromatic heterocycles. The van der Waals surface area contributed by atoms with Crippen LogP contribution in [0.5, 0.6) is 0 Å². The molecule has 1 saturated heterocycles. The number of ether oxygens (including phenoxy) is 1. The molecule has 31 heavy (non-hydrogen) atoms. The monoisotopic (exact) mass is 423 g/mol. The average Bonchev–Trinajstić information content (AvgIpc) is 3.27. The summed E-state index contributed by atoms with van der Waals surface area (Å²) in [6.45, 7) is 7.82. The average molecular weight is 424 g/mol. The van der Waals surface area contributed by atoms with Gasteiger partial charge in [-0.05, 0) is 30.4 Å². The molecule has 0 spiro atoms. The van der Waals surface area contributed by atoms with Crippen LogP contribution >= 0.6 is 0 Å². The fraction of sp³-hybridized carbons (Fsp3) is 0.423. The second kappa shape index (κ2) is 11.4. The predicted octanol–water partition coefficient (Wildman–Crippen LogP) is 4.90. The molecule has 1 atom stereocenters. The minimum atomic E-state index is -0.725. The number of benzene rings is 2. The van der Waals surface area contributed by atoms with Crippen LogP contribution in [0.25, 0.3) is 11.1 Å². The third kappa shape index (κ3) is 7.06. The third-order valence-corrected chi connectivity index (χ3v) is 4.99. The van der Waals surface area contributed by atoms with E-state index in [0.29, 0.717) is 19.6 Å². The van der Waals surface area contributed by atoms with E-state index in [0.717, 1.165) is 12.8 Å². The zero-order valence-electron chi connectivity index (χ0n) is 19.0. The topological polar surface area (TPSA) is 63.7 Å². The summed E-state index contributed by atoms with van der Waals surface area (Å²) in [6, 6.07) is 20.2. The molecular weight excluding hydrogens is 390 g/mol. The van der Waals surface area contributed by atoms with E-state index in [1.807, 2.05) is 19.1 Å². The van der Waals surface area contributed by atoms with Gasteiger partial charge >= 0.3 is 5.97 Å². The minimum Gasteiger partial charge on any atom is -0.464 e. The Morgan fingerprint density at radius 2 is 1.45 bits per heavy atom. The van der Waals surface area contributed by atoms with Crippen LogP contribution in [0.4, 0.5) is 0 Å². The molecule has 0 saturated carbocycles. The van der Waals surface area contributed by atoms with Crippen LogP contribution in [0, 0.1) is 5.41 Å². The first-order chi connectivity index (χ1) is 14.8. The van der Waals surface area contributed by atoms with Gasteiger partial charge in [0.15, 0.2) is 0 Å². The first-order valence-corrected chi connectivity index (χ1v) is 10.9. The summed E-state index contributed by atoms with van der Waals surface area (Å²) in [6.07, 6.45) is 2.05. The number of Topliss-reactive ketones (excluding diaryl/α,β-unsaturated/α-hetero) is 1. The Morgan fingerprint density at radius 3 is 1.90 bits per heavy atom. The number of carbonyl (C=O) groups is 3. The van der Waals surface area contributed by atoms with Crippen LogP contribution < -0.4 is 0 Å². The van der Waals surface area contributed by atoms with Gasteiger partial charge in [-0.3, -0.25) is 9.59 Å². The van der Waals surface area contributed by atoms with Crippen LogP contribution in [0.3, 0.4) is 0 Å². The summed E-state index contributed by atoms with van der Waals surface area (Å²) in [5.74, 6) is -1.42. The van der Waals surface area contributed by atoms with Gasteiger partial charge in [-0.15, -0.1) is 0 Å². The molecule has 1 aliphatic heterocycles. The van der Waals surface area contributed by atoms with Crippen molar-refractivity contribution in [3.8, 4) is 11.1 Å². The second-order valence-corrected chi connectivity index (χ2v) is 8.64. The van der Waals surface area contributed by atoms with Gasteiger partial charge in [-0.2, -0.15) is 0 Å². The molecule has 2 aromatic carbocycles. The molecule has 5 heteroatoms. The number of ketones is 1. The van der Waals surface area contributed by atoms with Gasteiger partial charge in [0.05, 0.1) is 6.61 Å². The molecule has 0 N–H and O–H groups in total. The number of hydrogen-bond acceptors (Lipinski definition) is 4. The van der Waals surface area contributed by atoms with E-state index in [4.69, 9.17) is 4.74 Å². The Hall–Kier alpha value is -2.95. The quantitative estimate of drug-likeness (QED) is 0.507. The minimum absolute atomic E-state index is 0.352.